The lowest BCUT2D eigenvalue weighted by atomic mass is 9.93. The molecule has 1 aliphatic rings. The van der Waals surface area contributed by atoms with Crippen LogP contribution in [-0.2, 0) is 11.8 Å². The Balaban J connectivity index is 1.44. The van der Waals surface area contributed by atoms with Gasteiger partial charge >= 0.3 is 0 Å². The molecule has 3 N–H and O–H groups in total. The van der Waals surface area contributed by atoms with Crippen LogP contribution in [0.2, 0.25) is 0 Å². The average molecular weight is 462 g/mol. The largest absolute Gasteiger partial charge is 0.382 e. The van der Waals surface area contributed by atoms with Gasteiger partial charge in [0.2, 0.25) is 5.82 Å². The van der Waals surface area contributed by atoms with Gasteiger partial charge in [-0.3, -0.25) is 9.20 Å². The summed E-state index contributed by atoms with van der Waals surface area (Å²) >= 11 is 0. The predicted molar refractivity (Wildman–Crippen MR) is 126 cm³/mol. The lowest BCUT2D eigenvalue weighted by Crippen LogP contribution is -2.39. The molecule has 11 nitrogen and oxygen atoms in total. The van der Waals surface area contributed by atoms with Crippen LogP contribution in [0.15, 0.2) is 30.6 Å². The highest BCUT2D eigenvalue weighted by Gasteiger charge is 2.26. The molecular weight excluding hydrogens is 434 g/mol. The van der Waals surface area contributed by atoms with Crippen LogP contribution in [0.4, 0.5) is 5.82 Å². The maximum atomic E-state index is 12.8. The van der Waals surface area contributed by atoms with Crippen molar-refractivity contribution in [3.8, 4) is 22.9 Å². The van der Waals surface area contributed by atoms with Gasteiger partial charge in [0.05, 0.1) is 23.7 Å². The number of aromatic nitrogens is 7. The number of amides is 1. The minimum atomic E-state index is -0.316. The average Bonchev–Trinajstić information content (AvgIpc) is 3.44. The Hall–Kier alpha value is -3.86. The Morgan fingerprint density at radius 1 is 1.15 bits per heavy atom. The summed E-state index contributed by atoms with van der Waals surface area (Å²) in [4.78, 5) is 31.0. The number of carbonyl (C=O) groups is 1. The van der Waals surface area contributed by atoms with E-state index in [2.05, 4.69) is 25.4 Å². The first-order valence-corrected chi connectivity index (χ1v) is 11.3. The number of nitrogens with one attached hydrogen (secondary N) is 1. The van der Waals surface area contributed by atoms with E-state index in [1.807, 2.05) is 35.7 Å². The summed E-state index contributed by atoms with van der Waals surface area (Å²) < 4.78 is 8.85. The summed E-state index contributed by atoms with van der Waals surface area (Å²) in [5.41, 5.74) is 9.47. The third-order valence-electron chi connectivity index (χ3n) is 6.28. The van der Waals surface area contributed by atoms with Gasteiger partial charge in [-0.05, 0) is 44.7 Å². The molecule has 0 aliphatic heterocycles. The highest BCUT2D eigenvalue weighted by Crippen LogP contribution is 2.28. The van der Waals surface area contributed by atoms with Crippen LogP contribution < -0.4 is 11.1 Å². The molecule has 0 saturated heterocycles. The number of imidazole rings is 1. The van der Waals surface area contributed by atoms with E-state index in [1.54, 1.807) is 20.4 Å². The third kappa shape index (κ3) is 3.98. The van der Waals surface area contributed by atoms with E-state index in [4.69, 9.17) is 15.5 Å². The molecule has 1 amide bonds. The fourth-order valence-corrected chi connectivity index (χ4v) is 4.43. The van der Waals surface area contributed by atoms with Gasteiger partial charge in [0.1, 0.15) is 11.3 Å². The van der Waals surface area contributed by atoms with Crippen molar-refractivity contribution in [2.45, 2.75) is 44.8 Å². The maximum absolute atomic E-state index is 12.8. The number of hydrogen-bond donors (Lipinski definition) is 2. The first kappa shape index (κ1) is 22.0. The fourth-order valence-electron chi connectivity index (χ4n) is 4.43. The summed E-state index contributed by atoms with van der Waals surface area (Å²) in [5, 5.41) is 7.36. The molecule has 4 aromatic rings. The lowest BCUT2D eigenvalue weighted by molar-refractivity contribution is 0.0597. The van der Waals surface area contributed by atoms with Crippen molar-refractivity contribution in [2.24, 2.45) is 7.05 Å². The summed E-state index contributed by atoms with van der Waals surface area (Å²) in [7, 11) is 3.43. The summed E-state index contributed by atoms with van der Waals surface area (Å²) in [6, 6.07) is 5.85. The Labute approximate surface area is 196 Å². The van der Waals surface area contributed by atoms with Crippen LogP contribution in [0.25, 0.3) is 28.6 Å². The Morgan fingerprint density at radius 3 is 2.71 bits per heavy atom. The van der Waals surface area contributed by atoms with Crippen molar-refractivity contribution in [1.29, 1.82) is 0 Å². The molecule has 0 atom stereocenters. The summed E-state index contributed by atoms with van der Waals surface area (Å²) in [6.45, 7) is 1.85. The molecular formula is C23H27N9O2. The number of ether oxygens (including phenoxy) is 1. The van der Waals surface area contributed by atoms with Gasteiger partial charge in [0.25, 0.3) is 5.91 Å². The molecule has 1 aliphatic carbocycles. The maximum Gasteiger partial charge on any atom is 0.291 e. The van der Waals surface area contributed by atoms with E-state index in [0.717, 1.165) is 37.0 Å². The molecule has 0 unspecified atom stereocenters. The van der Waals surface area contributed by atoms with Gasteiger partial charge in [-0.2, -0.15) is 0 Å². The zero-order valence-electron chi connectivity index (χ0n) is 19.4. The van der Waals surface area contributed by atoms with Crippen molar-refractivity contribution < 1.29 is 9.53 Å². The first-order valence-electron chi connectivity index (χ1n) is 11.3. The minimum Gasteiger partial charge on any atom is -0.382 e. The number of pyridine rings is 1. The number of rotatable bonds is 5. The monoisotopic (exact) mass is 461 g/mol. The highest BCUT2D eigenvalue weighted by molar-refractivity contribution is 5.91. The topological polar surface area (TPSA) is 138 Å². The number of fused-ring (bicyclic) bond motifs is 1. The van der Waals surface area contributed by atoms with Crippen LogP contribution >= 0.6 is 0 Å². The summed E-state index contributed by atoms with van der Waals surface area (Å²) in [5.74, 6) is 0.344. The molecule has 0 aromatic carbocycles. The molecule has 4 heterocycles. The molecule has 0 radical (unpaired) electrons. The molecule has 4 aromatic heterocycles. The van der Waals surface area contributed by atoms with Crippen LogP contribution in [0, 0.1) is 6.92 Å². The lowest BCUT2D eigenvalue weighted by Gasteiger charge is -2.27. The molecule has 5 rings (SSSR count). The number of hydrogen-bond acceptors (Lipinski definition) is 8. The van der Waals surface area contributed by atoms with E-state index in [9.17, 15) is 4.79 Å². The Kier molecular flexibility index (Phi) is 5.70. The van der Waals surface area contributed by atoms with Crippen LogP contribution in [-0.4, -0.2) is 59.3 Å². The number of nitrogens with zero attached hydrogens (tertiary/aromatic N) is 7. The van der Waals surface area contributed by atoms with Gasteiger partial charge in [-0.15, -0.1) is 5.10 Å². The van der Waals surface area contributed by atoms with Crippen molar-refractivity contribution in [3.05, 3.63) is 42.1 Å². The highest BCUT2D eigenvalue weighted by atomic mass is 16.5. The predicted octanol–water partition coefficient (Wildman–Crippen LogP) is 2.16. The van der Waals surface area contributed by atoms with Gasteiger partial charge < -0.3 is 15.8 Å². The van der Waals surface area contributed by atoms with Gasteiger partial charge in [-0.25, -0.2) is 24.6 Å². The van der Waals surface area contributed by atoms with Crippen molar-refractivity contribution in [3.63, 3.8) is 0 Å². The number of carbonyl (C=O) groups excluding carboxylic acids is 1. The quantitative estimate of drug-likeness (QED) is 0.461. The van der Waals surface area contributed by atoms with Crippen LogP contribution in [0.5, 0.6) is 0 Å². The minimum absolute atomic E-state index is 0.0736. The number of nitrogens with two attached hydrogens (primary N) is 1. The third-order valence-corrected chi connectivity index (χ3v) is 6.28. The number of nitrogen functional groups attached to an aromatic ring is 1. The second-order valence-corrected chi connectivity index (χ2v) is 8.53. The fraction of sp³-hybridized carbons (Fsp3) is 0.391. The standard InChI is InChI=1S/C23H27N9O2/c1-13-18(16-12-25-17-6-4-5-11-32(16)17)28-19(20(24)26-13)22-29-21(30-31(22)2)23(33)27-14-7-9-15(34-3)10-8-14/h4-6,11-12,14-15H,7-10H2,1-3H3,(H2,24,26)(H,27,33). The van der Waals surface area contributed by atoms with Crippen molar-refractivity contribution in [2.75, 3.05) is 12.8 Å². The number of anilines is 1. The zero-order chi connectivity index (χ0) is 23.8. The molecule has 1 saturated carbocycles. The van der Waals surface area contributed by atoms with E-state index in [1.165, 1.54) is 4.68 Å². The Bertz CT molecular complexity index is 1350. The molecule has 34 heavy (non-hydrogen) atoms. The van der Waals surface area contributed by atoms with Gasteiger partial charge in [-0.1, -0.05) is 6.07 Å². The number of aryl methyl sites for hydroxylation is 2. The normalized spacial score (nSPS) is 18.3. The van der Waals surface area contributed by atoms with Gasteiger partial charge in [0, 0.05) is 26.4 Å². The van der Waals surface area contributed by atoms with Crippen LogP contribution in [0.3, 0.4) is 0 Å². The van der Waals surface area contributed by atoms with E-state index in [0.29, 0.717) is 22.9 Å². The van der Waals surface area contributed by atoms with Gasteiger partial charge in [0.15, 0.2) is 17.3 Å². The van der Waals surface area contributed by atoms with E-state index >= 15 is 0 Å². The molecule has 176 valence electrons. The van der Waals surface area contributed by atoms with Crippen LogP contribution in [0.1, 0.15) is 42.0 Å². The second kappa shape index (κ2) is 8.82. The molecule has 0 spiro atoms. The van der Waals surface area contributed by atoms with E-state index in [-0.39, 0.29) is 29.7 Å². The SMILES string of the molecule is COC1CCC(NC(=O)c2nc(-c3nc(-c4cnc5ccccn45)c(C)nc3N)n(C)n2)CC1. The number of methoxy groups -OCH3 is 1. The molecule has 0 bridgehead atoms. The first-order chi connectivity index (χ1) is 16.4. The summed E-state index contributed by atoms with van der Waals surface area (Å²) in [6.07, 6.45) is 7.50. The van der Waals surface area contributed by atoms with Crippen molar-refractivity contribution >= 4 is 17.4 Å². The molecule has 1 fully saturated rings. The Morgan fingerprint density at radius 2 is 1.94 bits per heavy atom. The zero-order valence-corrected chi connectivity index (χ0v) is 19.4. The smallest absolute Gasteiger partial charge is 0.291 e. The van der Waals surface area contributed by atoms with Crippen molar-refractivity contribution in [1.82, 2.24) is 39.4 Å². The van der Waals surface area contributed by atoms with E-state index < -0.39 is 0 Å². The second-order valence-electron chi connectivity index (χ2n) is 8.53. The molecule has 11 heteroatoms.